The van der Waals surface area contributed by atoms with Crippen molar-refractivity contribution >= 4 is 17.6 Å². The third kappa shape index (κ3) is 2.74. The minimum Gasteiger partial charge on any atom is -0.496 e. The Morgan fingerprint density at radius 1 is 1.21 bits per heavy atom. The van der Waals surface area contributed by atoms with E-state index in [1.165, 1.54) is 11.1 Å². The van der Waals surface area contributed by atoms with Crippen molar-refractivity contribution in [2.45, 2.75) is 25.8 Å². The first kappa shape index (κ1) is 14.3. The second-order valence-corrected chi connectivity index (χ2v) is 5.07. The zero-order valence-electron chi connectivity index (χ0n) is 11.7. The van der Waals surface area contributed by atoms with E-state index in [9.17, 15) is 0 Å². The molecule has 1 aromatic carbocycles. The van der Waals surface area contributed by atoms with E-state index < -0.39 is 0 Å². The van der Waals surface area contributed by atoms with Gasteiger partial charge in [-0.1, -0.05) is 19.1 Å². The van der Waals surface area contributed by atoms with Crippen LogP contribution < -0.4 is 14.8 Å². The van der Waals surface area contributed by atoms with Gasteiger partial charge in [-0.25, -0.2) is 0 Å². The number of fused-ring (bicyclic) bond motifs is 1. The summed E-state index contributed by atoms with van der Waals surface area (Å²) in [7, 11) is 3.43. The quantitative estimate of drug-likeness (QED) is 0.839. The van der Waals surface area contributed by atoms with Gasteiger partial charge in [0.25, 0.3) is 0 Å². The Labute approximate surface area is 120 Å². The third-order valence-electron chi connectivity index (χ3n) is 3.81. The predicted octanol–water partition coefficient (Wildman–Crippen LogP) is 2.40. The molecule has 2 atom stereocenters. The molecule has 0 aromatic heterocycles. The summed E-state index contributed by atoms with van der Waals surface area (Å²) in [5.41, 5.74) is 2.49. The van der Waals surface area contributed by atoms with Gasteiger partial charge in [-0.3, -0.25) is 0 Å². The molecule has 0 aliphatic heterocycles. The third-order valence-corrected chi connectivity index (χ3v) is 4.16. The molecule has 0 saturated carbocycles. The molecule has 0 bridgehead atoms. The van der Waals surface area contributed by atoms with Crippen molar-refractivity contribution in [2.75, 3.05) is 20.8 Å². The summed E-state index contributed by atoms with van der Waals surface area (Å²) in [4.78, 5) is 0. The Balaban J connectivity index is 2.43. The fourth-order valence-electron chi connectivity index (χ4n) is 2.86. The number of ether oxygens (including phenoxy) is 2. The number of methoxy groups -OCH3 is 2. The molecule has 1 N–H and O–H groups in total. The normalized spacial score (nSPS) is 21.6. The summed E-state index contributed by atoms with van der Waals surface area (Å²) < 4.78 is 11.0. The number of benzene rings is 1. The number of nitrogens with one attached hydrogen (secondary N) is 1. The molecule has 0 radical (unpaired) electrons. The maximum absolute atomic E-state index is 5.49. The molecule has 0 amide bonds. The minimum atomic E-state index is 0.364. The summed E-state index contributed by atoms with van der Waals surface area (Å²) in [6.07, 6.45) is 1.85. The zero-order chi connectivity index (χ0) is 13.8. The van der Waals surface area contributed by atoms with Gasteiger partial charge in [-0.05, 0) is 36.9 Å². The van der Waals surface area contributed by atoms with Gasteiger partial charge in [0.05, 0.1) is 14.2 Å². The summed E-state index contributed by atoms with van der Waals surface area (Å²) in [6, 6.07) is 4.35. The van der Waals surface area contributed by atoms with Crippen LogP contribution in [0.15, 0.2) is 12.1 Å². The largest absolute Gasteiger partial charge is 0.496 e. The van der Waals surface area contributed by atoms with Crippen LogP contribution in [0.5, 0.6) is 11.5 Å². The monoisotopic (exact) mass is 279 g/mol. The number of hydrogen-bond acceptors (Lipinski definition) is 4. The molecule has 0 fully saturated rings. The fraction of sp³-hybridized carbons (Fsp3) is 0.533. The van der Waals surface area contributed by atoms with Crippen molar-refractivity contribution in [3.05, 3.63) is 23.3 Å². The van der Waals surface area contributed by atoms with Crippen LogP contribution in [0.1, 0.15) is 18.1 Å². The lowest BCUT2D eigenvalue weighted by Crippen LogP contribution is -2.42. The van der Waals surface area contributed by atoms with Crippen molar-refractivity contribution in [1.82, 2.24) is 5.32 Å². The number of hydrogen-bond donors (Lipinski definition) is 1. The Bertz CT molecular complexity index is 462. The van der Waals surface area contributed by atoms with Gasteiger partial charge in [-0.15, -0.1) is 0 Å². The van der Waals surface area contributed by atoms with E-state index in [0.717, 1.165) is 30.9 Å². The first-order valence-electron chi connectivity index (χ1n) is 6.66. The lowest BCUT2D eigenvalue weighted by atomic mass is 9.80. The molecule has 4 heteroatoms. The highest BCUT2D eigenvalue weighted by Crippen LogP contribution is 2.37. The van der Waals surface area contributed by atoms with Gasteiger partial charge >= 0.3 is 0 Å². The summed E-state index contributed by atoms with van der Waals surface area (Å²) in [6.45, 7) is 3.07. The summed E-state index contributed by atoms with van der Waals surface area (Å²) >= 11 is 5.20. The van der Waals surface area contributed by atoms with Gasteiger partial charge in [-0.2, -0.15) is 0 Å². The SMILES string of the molecule is CCN[C@H]1Cc2c(OC)ccc(OC)c2C[C@@H]1C=S. The molecule has 3 nitrogen and oxygen atoms in total. The Morgan fingerprint density at radius 3 is 2.26 bits per heavy atom. The van der Waals surface area contributed by atoms with Crippen LogP contribution in [0.2, 0.25) is 0 Å². The molecule has 0 saturated heterocycles. The summed E-state index contributed by atoms with van der Waals surface area (Å²) in [5.74, 6) is 2.25. The average molecular weight is 279 g/mol. The number of rotatable bonds is 5. The van der Waals surface area contributed by atoms with Crippen LogP contribution in [0.3, 0.4) is 0 Å². The molecule has 1 aliphatic carbocycles. The topological polar surface area (TPSA) is 30.5 Å². The van der Waals surface area contributed by atoms with Crippen molar-refractivity contribution in [1.29, 1.82) is 0 Å². The first-order valence-corrected chi connectivity index (χ1v) is 7.13. The van der Waals surface area contributed by atoms with E-state index in [0.29, 0.717) is 12.0 Å². The maximum atomic E-state index is 5.49. The second-order valence-electron chi connectivity index (χ2n) is 4.80. The van der Waals surface area contributed by atoms with E-state index in [2.05, 4.69) is 12.2 Å². The standard InChI is InChI=1S/C15H21NO2S/c1-4-16-13-8-12-11(7-10(13)9-19)14(17-2)5-6-15(12)18-3/h5-6,9-10,13,16H,4,7-8H2,1-3H3/t10-,13+/m1/s1. The smallest absolute Gasteiger partial charge is 0.122 e. The highest BCUT2D eigenvalue weighted by molar-refractivity contribution is 7.79. The highest BCUT2D eigenvalue weighted by Gasteiger charge is 2.30. The first-order chi connectivity index (χ1) is 9.24. The van der Waals surface area contributed by atoms with E-state index in [4.69, 9.17) is 21.7 Å². The van der Waals surface area contributed by atoms with Crippen molar-refractivity contribution in [2.24, 2.45) is 5.92 Å². The molecule has 0 heterocycles. The molecule has 0 unspecified atom stereocenters. The molecule has 2 rings (SSSR count). The molecule has 19 heavy (non-hydrogen) atoms. The molecule has 1 aliphatic rings. The number of thiocarbonyl (C=S) groups is 1. The van der Waals surface area contributed by atoms with Crippen LogP contribution in [-0.4, -0.2) is 32.2 Å². The van der Waals surface area contributed by atoms with Gasteiger partial charge in [0.2, 0.25) is 0 Å². The molecule has 1 aromatic rings. The predicted molar refractivity (Wildman–Crippen MR) is 81.6 cm³/mol. The maximum Gasteiger partial charge on any atom is 0.122 e. The van der Waals surface area contributed by atoms with E-state index in [-0.39, 0.29) is 0 Å². The van der Waals surface area contributed by atoms with Gasteiger partial charge < -0.3 is 14.8 Å². The molecular weight excluding hydrogens is 258 g/mol. The second kappa shape index (κ2) is 6.35. The Morgan fingerprint density at radius 2 is 1.79 bits per heavy atom. The van der Waals surface area contributed by atoms with Crippen molar-refractivity contribution < 1.29 is 9.47 Å². The average Bonchev–Trinajstić information content (AvgIpc) is 2.45. The number of likely N-dealkylation sites (N-methyl/N-ethyl adjacent to an activating group) is 1. The Kier molecular flexibility index (Phi) is 4.77. The minimum absolute atomic E-state index is 0.364. The molecule has 104 valence electrons. The Hall–Kier alpha value is -1.13. The van der Waals surface area contributed by atoms with Crippen LogP contribution in [0.25, 0.3) is 0 Å². The lowest BCUT2D eigenvalue weighted by molar-refractivity contribution is 0.363. The van der Waals surface area contributed by atoms with Crippen molar-refractivity contribution in [3.8, 4) is 11.5 Å². The van der Waals surface area contributed by atoms with Crippen LogP contribution in [0.4, 0.5) is 0 Å². The zero-order valence-corrected chi connectivity index (χ0v) is 12.5. The van der Waals surface area contributed by atoms with E-state index in [1.807, 2.05) is 17.5 Å². The molecule has 0 spiro atoms. The lowest BCUT2D eigenvalue weighted by Gasteiger charge is -2.33. The van der Waals surface area contributed by atoms with E-state index in [1.54, 1.807) is 14.2 Å². The molecular formula is C15H21NO2S. The van der Waals surface area contributed by atoms with Gasteiger partial charge in [0.15, 0.2) is 0 Å². The fourth-order valence-corrected chi connectivity index (χ4v) is 3.14. The summed E-state index contributed by atoms with van der Waals surface area (Å²) in [5, 5.41) is 5.40. The highest BCUT2D eigenvalue weighted by atomic mass is 32.1. The van der Waals surface area contributed by atoms with E-state index >= 15 is 0 Å². The van der Waals surface area contributed by atoms with Gasteiger partial charge in [0, 0.05) is 23.1 Å². The van der Waals surface area contributed by atoms with Crippen LogP contribution in [0, 0.1) is 5.92 Å². The van der Waals surface area contributed by atoms with Crippen LogP contribution in [-0.2, 0) is 12.8 Å². The van der Waals surface area contributed by atoms with Crippen LogP contribution >= 0.6 is 12.2 Å². The van der Waals surface area contributed by atoms with Gasteiger partial charge in [0.1, 0.15) is 11.5 Å². The van der Waals surface area contributed by atoms with Crippen molar-refractivity contribution in [3.63, 3.8) is 0 Å².